The van der Waals surface area contributed by atoms with E-state index in [1.807, 2.05) is 6.07 Å². The van der Waals surface area contributed by atoms with E-state index in [4.69, 9.17) is 0 Å². The molecule has 6 heteroatoms. The molecule has 0 saturated carbocycles. The molecule has 2 heterocycles. The molecule has 0 aromatic carbocycles. The molecule has 3 nitrogen and oxygen atoms in total. The standard InChI is InChI=1S/C9H7Br2N3S/c10-6-1-2-15-8(6)4-13-9-7(11)3-12-5-14-9/h1-3,5H,4H2,(H,12,13,14). The second-order valence-electron chi connectivity index (χ2n) is 2.76. The summed E-state index contributed by atoms with van der Waals surface area (Å²) in [5.41, 5.74) is 0. The highest BCUT2D eigenvalue weighted by Crippen LogP contribution is 2.24. The lowest BCUT2D eigenvalue weighted by atomic mass is 10.4. The number of hydrogen-bond acceptors (Lipinski definition) is 4. The van der Waals surface area contributed by atoms with E-state index >= 15 is 0 Å². The van der Waals surface area contributed by atoms with Crippen LogP contribution >= 0.6 is 43.2 Å². The third kappa shape index (κ3) is 2.76. The minimum Gasteiger partial charge on any atom is -0.364 e. The van der Waals surface area contributed by atoms with Crippen LogP contribution in [-0.2, 0) is 6.54 Å². The molecule has 0 amide bonds. The Labute approximate surface area is 108 Å². The molecule has 0 unspecified atom stereocenters. The van der Waals surface area contributed by atoms with E-state index < -0.39 is 0 Å². The lowest BCUT2D eigenvalue weighted by molar-refractivity contribution is 1.08. The van der Waals surface area contributed by atoms with Crippen LogP contribution in [-0.4, -0.2) is 9.97 Å². The molecule has 0 saturated heterocycles. The van der Waals surface area contributed by atoms with Crippen molar-refractivity contribution < 1.29 is 0 Å². The zero-order chi connectivity index (χ0) is 10.7. The van der Waals surface area contributed by atoms with E-state index in [0.717, 1.165) is 21.3 Å². The molecule has 78 valence electrons. The molecular formula is C9H7Br2N3S. The average molecular weight is 349 g/mol. The Morgan fingerprint density at radius 2 is 2.20 bits per heavy atom. The van der Waals surface area contributed by atoms with Crippen molar-refractivity contribution in [1.82, 2.24) is 9.97 Å². The van der Waals surface area contributed by atoms with E-state index in [2.05, 4.69) is 52.5 Å². The summed E-state index contributed by atoms with van der Waals surface area (Å²) in [6.07, 6.45) is 3.25. The van der Waals surface area contributed by atoms with Crippen LogP contribution in [0.5, 0.6) is 0 Å². The minimum atomic E-state index is 0.758. The maximum absolute atomic E-state index is 4.13. The first kappa shape index (κ1) is 11.0. The fourth-order valence-electron chi connectivity index (χ4n) is 1.06. The lowest BCUT2D eigenvalue weighted by Crippen LogP contribution is -2.01. The van der Waals surface area contributed by atoms with Gasteiger partial charge in [0.15, 0.2) is 0 Å². The Hall–Kier alpha value is -0.460. The van der Waals surface area contributed by atoms with Crippen molar-refractivity contribution in [3.8, 4) is 0 Å². The minimum absolute atomic E-state index is 0.758. The Kier molecular flexibility index (Phi) is 3.71. The fourth-order valence-corrected chi connectivity index (χ4v) is 2.85. The van der Waals surface area contributed by atoms with Gasteiger partial charge in [-0.15, -0.1) is 11.3 Å². The Morgan fingerprint density at radius 1 is 1.33 bits per heavy atom. The third-order valence-corrected chi connectivity index (χ3v) is 4.28. The van der Waals surface area contributed by atoms with Crippen LogP contribution in [0.15, 0.2) is 32.9 Å². The van der Waals surface area contributed by atoms with Crippen molar-refractivity contribution >= 4 is 49.0 Å². The van der Waals surface area contributed by atoms with Crippen LogP contribution in [0.25, 0.3) is 0 Å². The highest BCUT2D eigenvalue weighted by atomic mass is 79.9. The van der Waals surface area contributed by atoms with E-state index in [9.17, 15) is 0 Å². The van der Waals surface area contributed by atoms with Gasteiger partial charge in [-0.3, -0.25) is 0 Å². The van der Waals surface area contributed by atoms with Gasteiger partial charge in [-0.25, -0.2) is 9.97 Å². The number of anilines is 1. The topological polar surface area (TPSA) is 37.8 Å². The van der Waals surface area contributed by atoms with Gasteiger partial charge in [-0.05, 0) is 43.3 Å². The van der Waals surface area contributed by atoms with Crippen LogP contribution < -0.4 is 5.32 Å². The van der Waals surface area contributed by atoms with Crippen molar-refractivity contribution in [1.29, 1.82) is 0 Å². The van der Waals surface area contributed by atoms with Crippen LogP contribution in [0.4, 0.5) is 5.82 Å². The largest absolute Gasteiger partial charge is 0.364 e. The molecule has 0 aliphatic rings. The normalized spacial score (nSPS) is 10.3. The highest BCUT2D eigenvalue weighted by molar-refractivity contribution is 9.11. The molecule has 0 fully saturated rings. The third-order valence-electron chi connectivity index (χ3n) is 1.78. The van der Waals surface area contributed by atoms with E-state index in [0.29, 0.717) is 0 Å². The molecule has 15 heavy (non-hydrogen) atoms. The van der Waals surface area contributed by atoms with E-state index in [-0.39, 0.29) is 0 Å². The van der Waals surface area contributed by atoms with Crippen molar-refractivity contribution in [3.63, 3.8) is 0 Å². The first-order valence-electron chi connectivity index (χ1n) is 4.18. The van der Waals surface area contributed by atoms with E-state index in [1.165, 1.54) is 11.2 Å². The van der Waals surface area contributed by atoms with Gasteiger partial charge >= 0.3 is 0 Å². The molecule has 0 spiro atoms. The maximum Gasteiger partial charge on any atom is 0.144 e. The fraction of sp³-hybridized carbons (Fsp3) is 0.111. The summed E-state index contributed by atoms with van der Waals surface area (Å²) in [7, 11) is 0. The number of halogens is 2. The Morgan fingerprint density at radius 3 is 2.87 bits per heavy atom. The van der Waals surface area contributed by atoms with Crippen LogP contribution in [0.2, 0.25) is 0 Å². The van der Waals surface area contributed by atoms with Gasteiger partial charge in [0.05, 0.1) is 11.0 Å². The molecule has 2 rings (SSSR count). The van der Waals surface area contributed by atoms with E-state index in [1.54, 1.807) is 17.5 Å². The number of rotatable bonds is 3. The average Bonchev–Trinajstić information content (AvgIpc) is 2.63. The first-order valence-corrected chi connectivity index (χ1v) is 6.65. The molecule has 0 bridgehead atoms. The number of nitrogens with one attached hydrogen (secondary N) is 1. The summed E-state index contributed by atoms with van der Waals surface area (Å²) in [5.74, 6) is 0.810. The summed E-state index contributed by atoms with van der Waals surface area (Å²) in [6.45, 7) is 0.758. The number of hydrogen-bond donors (Lipinski definition) is 1. The van der Waals surface area contributed by atoms with Crippen molar-refractivity contribution in [2.45, 2.75) is 6.54 Å². The molecule has 2 aromatic rings. The smallest absolute Gasteiger partial charge is 0.144 e. The van der Waals surface area contributed by atoms with Crippen LogP contribution in [0, 0.1) is 0 Å². The molecule has 1 N–H and O–H groups in total. The van der Waals surface area contributed by atoms with Gasteiger partial charge in [-0.1, -0.05) is 0 Å². The van der Waals surface area contributed by atoms with Gasteiger partial charge in [0.1, 0.15) is 12.1 Å². The molecule has 0 aliphatic heterocycles. The number of thiophene rings is 1. The summed E-state index contributed by atoms with van der Waals surface area (Å²) < 4.78 is 2.00. The second-order valence-corrected chi connectivity index (χ2v) is 5.47. The molecule has 0 radical (unpaired) electrons. The van der Waals surface area contributed by atoms with Crippen molar-refractivity contribution in [2.75, 3.05) is 5.32 Å². The van der Waals surface area contributed by atoms with Gasteiger partial charge in [0, 0.05) is 15.5 Å². The van der Waals surface area contributed by atoms with Crippen LogP contribution in [0.1, 0.15) is 4.88 Å². The maximum atomic E-state index is 4.13. The molecule has 2 aromatic heterocycles. The molecular weight excluding hydrogens is 342 g/mol. The Balaban J connectivity index is 2.06. The second kappa shape index (κ2) is 5.05. The van der Waals surface area contributed by atoms with Gasteiger partial charge in [0.2, 0.25) is 0 Å². The summed E-state index contributed by atoms with van der Waals surface area (Å²) >= 11 is 8.57. The summed E-state index contributed by atoms with van der Waals surface area (Å²) in [4.78, 5) is 9.28. The number of aromatic nitrogens is 2. The molecule has 0 aliphatic carbocycles. The zero-order valence-corrected chi connectivity index (χ0v) is 11.6. The van der Waals surface area contributed by atoms with Crippen molar-refractivity contribution in [3.05, 3.63) is 37.8 Å². The lowest BCUT2D eigenvalue weighted by Gasteiger charge is -2.05. The number of nitrogens with zero attached hydrogens (tertiary/aromatic N) is 2. The Bertz CT molecular complexity index is 458. The summed E-state index contributed by atoms with van der Waals surface area (Å²) in [5, 5.41) is 5.29. The SMILES string of the molecule is Brc1cncnc1NCc1sccc1Br. The van der Waals surface area contributed by atoms with Gasteiger partial charge < -0.3 is 5.32 Å². The van der Waals surface area contributed by atoms with Gasteiger partial charge in [-0.2, -0.15) is 0 Å². The predicted molar refractivity (Wildman–Crippen MR) is 69.1 cm³/mol. The zero-order valence-electron chi connectivity index (χ0n) is 7.58. The monoisotopic (exact) mass is 347 g/mol. The quantitative estimate of drug-likeness (QED) is 0.919. The first-order chi connectivity index (χ1) is 7.27. The summed E-state index contributed by atoms with van der Waals surface area (Å²) in [6, 6.07) is 2.04. The van der Waals surface area contributed by atoms with Crippen LogP contribution in [0.3, 0.4) is 0 Å². The highest BCUT2D eigenvalue weighted by Gasteiger charge is 2.03. The molecule has 0 atom stereocenters. The predicted octanol–water partition coefficient (Wildman–Crippen LogP) is 3.68. The van der Waals surface area contributed by atoms with Crippen molar-refractivity contribution in [2.24, 2.45) is 0 Å². The van der Waals surface area contributed by atoms with Gasteiger partial charge in [0.25, 0.3) is 0 Å².